The predicted octanol–water partition coefficient (Wildman–Crippen LogP) is 4.04. The molecule has 0 spiro atoms. The van der Waals surface area contributed by atoms with Crippen LogP contribution in [0.15, 0.2) is 35.9 Å². The predicted molar refractivity (Wildman–Crippen MR) is 66.9 cm³/mol. The van der Waals surface area contributed by atoms with E-state index in [4.69, 9.17) is 28.3 Å². The first-order chi connectivity index (χ1) is 7.49. The Morgan fingerprint density at radius 3 is 2.62 bits per heavy atom. The first-order valence-corrected chi connectivity index (χ1v) is 5.29. The van der Waals surface area contributed by atoms with Crippen LogP contribution >= 0.6 is 23.2 Å². The minimum Gasteiger partial charge on any atom is -0.478 e. The molecule has 0 aliphatic heterocycles. The van der Waals surface area contributed by atoms with Crippen molar-refractivity contribution < 1.29 is 9.90 Å². The quantitative estimate of drug-likeness (QED) is 0.655. The molecule has 0 heterocycles. The first-order valence-electron chi connectivity index (χ1n) is 4.53. The number of carboxylic acids is 1. The molecule has 4 heteroatoms. The lowest BCUT2D eigenvalue weighted by Crippen LogP contribution is -1.87. The van der Waals surface area contributed by atoms with Crippen molar-refractivity contribution in [3.05, 3.63) is 51.5 Å². The molecule has 0 amide bonds. The van der Waals surface area contributed by atoms with Gasteiger partial charge in [0, 0.05) is 16.1 Å². The fourth-order valence-corrected chi connectivity index (χ4v) is 1.57. The molecule has 0 fully saturated rings. The van der Waals surface area contributed by atoms with Gasteiger partial charge in [0.2, 0.25) is 0 Å². The van der Waals surface area contributed by atoms with Gasteiger partial charge in [0.15, 0.2) is 0 Å². The third kappa shape index (κ3) is 4.09. The highest BCUT2D eigenvalue weighted by atomic mass is 35.5. The topological polar surface area (TPSA) is 37.3 Å². The summed E-state index contributed by atoms with van der Waals surface area (Å²) < 4.78 is 0. The molecular formula is C12H10Cl2O2. The second-order valence-corrected chi connectivity index (χ2v) is 4.07. The van der Waals surface area contributed by atoms with Crippen LogP contribution in [0.2, 0.25) is 10.0 Å². The highest BCUT2D eigenvalue weighted by Gasteiger charge is 1.97. The van der Waals surface area contributed by atoms with Crippen LogP contribution in [-0.2, 0) is 4.79 Å². The number of allylic oxidation sites excluding steroid dienone is 2. The van der Waals surface area contributed by atoms with E-state index in [9.17, 15) is 4.79 Å². The van der Waals surface area contributed by atoms with Crippen LogP contribution in [0.4, 0.5) is 0 Å². The average molecular weight is 257 g/mol. The molecule has 0 saturated carbocycles. The van der Waals surface area contributed by atoms with Crippen molar-refractivity contribution in [3.8, 4) is 0 Å². The molecule has 0 atom stereocenters. The Balaban J connectivity index is 2.88. The Kier molecular flexibility index (Phi) is 4.59. The highest BCUT2D eigenvalue weighted by Crippen LogP contribution is 2.22. The number of carboxylic acid groups (broad SMARTS) is 1. The Hall–Kier alpha value is -1.25. The molecule has 0 aliphatic rings. The van der Waals surface area contributed by atoms with E-state index in [0.717, 1.165) is 11.6 Å². The van der Waals surface area contributed by atoms with E-state index in [1.165, 1.54) is 0 Å². The van der Waals surface area contributed by atoms with Crippen molar-refractivity contribution in [2.75, 3.05) is 0 Å². The second kappa shape index (κ2) is 5.73. The lowest BCUT2D eigenvalue weighted by Gasteiger charge is -1.98. The van der Waals surface area contributed by atoms with E-state index in [0.29, 0.717) is 15.6 Å². The normalized spacial score (nSPS) is 12.1. The molecule has 0 bridgehead atoms. The number of hydrogen-bond acceptors (Lipinski definition) is 1. The summed E-state index contributed by atoms with van der Waals surface area (Å²) in [4.78, 5) is 10.4. The minimum atomic E-state index is -0.968. The van der Waals surface area contributed by atoms with E-state index in [1.807, 2.05) is 0 Å². The second-order valence-electron chi connectivity index (χ2n) is 3.23. The van der Waals surface area contributed by atoms with Gasteiger partial charge in [-0.1, -0.05) is 41.4 Å². The van der Waals surface area contributed by atoms with E-state index in [-0.39, 0.29) is 0 Å². The zero-order valence-corrected chi connectivity index (χ0v) is 10.1. The molecule has 0 aromatic heterocycles. The monoisotopic (exact) mass is 256 g/mol. The molecule has 0 aliphatic carbocycles. The summed E-state index contributed by atoms with van der Waals surface area (Å²) in [7, 11) is 0. The average Bonchev–Trinajstić information content (AvgIpc) is 2.15. The van der Waals surface area contributed by atoms with Gasteiger partial charge in [0.1, 0.15) is 0 Å². The van der Waals surface area contributed by atoms with Gasteiger partial charge in [-0.15, -0.1) is 0 Å². The molecule has 2 nitrogen and oxygen atoms in total. The molecule has 16 heavy (non-hydrogen) atoms. The Morgan fingerprint density at radius 2 is 2.06 bits per heavy atom. The molecule has 0 saturated heterocycles. The fourth-order valence-electron chi connectivity index (χ4n) is 1.10. The Labute approximate surface area is 104 Å². The molecule has 84 valence electrons. The van der Waals surface area contributed by atoms with E-state index in [2.05, 4.69) is 0 Å². The van der Waals surface area contributed by atoms with Crippen molar-refractivity contribution in [2.24, 2.45) is 0 Å². The standard InChI is InChI=1S/C12H10Cl2O2/c1-8(6-12(15)16)2-3-9-4-5-10(13)7-11(9)14/h2-7H,1H3,(H,15,16)/b3-2+,8-6+. The van der Waals surface area contributed by atoms with Gasteiger partial charge in [-0.25, -0.2) is 4.79 Å². The van der Waals surface area contributed by atoms with Crippen molar-refractivity contribution in [1.29, 1.82) is 0 Å². The Morgan fingerprint density at radius 1 is 1.38 bits per heavy atom. The zero-order valence-electron chi connectivity index (χ0n) is 8.58. The van der Waals surface area contributed by atoms with E-state index >= 15 is 0 Å². The van der Waals surface area contributed by atoms with Crippen LogP contribution in [0, 0.1) is 0 Å². The maximum atomic E-state index is 10.4. The van der Waals surface area contributed by atoms with Crippen LogP contribution in [0.1, 0.15) is 12.5 Å². The molecule has 1 rings (SSSR count). The Bertz CT molecular complexity index is 462. The number of halogens is 2. The van der Waals surface area contributed by atoms with Gasteiger partial charge in [0.25, 0.3) is 0 Å². The maximum absolute atomic E-state index is 10.4. The molecule has 1 aromatic rings. The molecule has 1 aromatic carbocycles. The molecule has 0 unspecified atom stereocenters. The number of carbonyl (C=O) groups is 1. The maximum Gasteiger partial charge on any atom is 0.328 e. The summed E-state index contributed by atoms with van der Waals surface area (Å²) in [5.74, 6) is -0.968. The minimum absolute atomic E-state index is 0.534. The van der Waals surface area contributed by atoms with E-state index < -0.39 is 5.97 Å². The summed E-state index contributed by atoms with van der Waals surface area (Å²) >= 11 is 11.7. The third-order valence-corrected chi connectivity index (χ3v) is 2.40. The SMILES string of the molecule is CC(/C=C/c1ccc(Cl)cc1Cl)=C\C(=O)O. The zero-order chi connectivity index (χ0) is 12.1. The van der Waals surface area contributed by atoms with Gasteiger partial charge >= 0.3 is 5.97 Å². The lowest BCUT2D eigenvalue weighted by atomic mass is 10.1. The van der Waals surface area contributed by atoms with Crippen LogP contribution in [0.25, 0.3) is 6.08 Å². The summed E-state index contributed by atoms with van der Waals surface area (Å²) in [6, 6.07) is 5.14. The number of aliphatic carboxylic acids is 1. The van der Waals surface area contributed by atoms with Gasteiger partial charge in [-0.2, -0.15) is 0 Å². The summed E-state index contributed by atoms with van der Waals surface area (Å²) in [5.41, 5.74) is 1.43. The largest absolute Gasteiger partial charge is 0.478 e. The molecule has 1 N–H and O–H groups in total. The van der Waals surface area contributed by atoms with Gasteiger partial charge < -0.3 is 5.11 Å². The van der Waals surface area contributed by atoms with Crippen LogP contribution < -0.4 is 0 Å². The number of rotatable bonds is 3. The number of hydrogen-bond donors (Lipinski definition) is 1. The van der Waals surface area contributed by atoms with Gasteiger partial charge in [0.05, 0.1) is 0 Å². The summed E-state index contributed by atoms with van der Waals surface area (Å²) in [6.45, 7) is 1.70. The first kappa shape index (κ1) is 12.8. The van der Waals surface area contributed by atoms with Crippen molar-refractivity contribution in [2.45, 2.75) is 6.92 Å². The smallest absolute Gasteiger partial charge is 0.328 e. The van der Waals surface area contributed by atoms with Crippen LogP contribution in [-0.4, -0.2) is 11.1 Å². The van der Waals surface area contributed by atoms with Crippen LogP contribution in [0.3, 0.4) is 0 Å². The third-order valence-electron chi connectivity index (χ3n) is 1.84. The van der Waals surface area contributed by atoms with Gasteiger partial charge in [-0.3, -0.25) is 0 Å². The summed E-state index contributed by atoms with van der Waals surface area (Å²) in [5, 5.41) is 9.62. The van der Waals surface area contributed by atoms with E-state index in [1.54, 1.807) is 37.3 Å². The van der Waals surface area contributed by atoms with Crippen LogP contribution in [0.5, 0.6) is 0 Å². The van der Waals surface area contributed by atoms with Gasteiger partial charge in [-0.05, 0) is 30.2 Å². The van der Waals surface area contributed by atoms with Crippen molar-refractivity contribution in [1.82, 2.24) is 0 Å². The lowest BCUT2D eigenvalue weighted by molar-refractivity contribution is -0.131. The van der Waals surface area contributed by atoms with Crippen molar-refractivity contribution in [3.63, 3.8) is 0 Å². The fraction of sp³-hybridized carbons (Fsp3) is 0.0833. The summed E-state index contributed by atoms with van der Waals surface area (Å²) in [6.07, 6.45) is 4.55. The highest BCUT2D eigenvalue weighted by molar-refractivity contribution is 6.35. The molecule has 0 radical (unpaired) electrons. The number of benzene rings is 1. The molecular weight excluding hydrogens is 247 g/mol. The van der Waals surface area contributed by atoms with Crippen molar-refractivity contribution >= 4 is 35.2 Å².